The highest BCUT2D eigenvalue weighted by Crippen LogP contribution is 2.36. The third kappa shape index (κ3) is 3.80. The molecule has 1 N–H and O–H groups in total. The molecule has 0 aliphatic heterocycles. The highest BCUT2D eigenvalue weighted by molar-refractivity contribution is 7.14. The number of hydrogen-bond acceptors (Lipinski definition) is 3. The van der Waals surface area contributed by atoms with Gasteiger partial charge in [-0.3, -0.25) is 4.79 Å². The number of carbonyl (C=O) groups is 1. The summed E-state index contributed by atoms with van der Waals surface area (Å²) in [6.45, 7) is 16.9. The molecule has 5 heteroatoms. The number of anilines is 1. The van der Waals surface area contributed by atoms with Crippen molar-refractivity contribution in [3.63, 3.8) is 0 Å². The molecule has 0 atom stereocenters. The van der Waals surface area contributed by atoms with E-state index in [-0.39, 0.29) is 11.3 Å². The Kier molecular flexibility index (Phi) is 5.92. The van der Waals surface area contributed by atoms with Crippen LogP contribution in [-0.4, -0.2) is 10.5 Å². The standard InChI is InChI=1S/C25H29N3OS/c1-8-11-28-21-10-9-17(15(2)3)12-18(21)16(4)22(28)23(29)27-24-19(13-26)20(14-30-24)25(5,6)7/h8-10,12,14-15H,1,11H2,2-7H3,(H,27,29). The molecule has 3 aromatic rings. The molecule has 0 saturated carbocycles. The average molecular weight is 420 g/mol. The summed E-state index contributed by atoms with van der Waals surface area (Å²) in [4.78, 5) is 13.4. The first-order chi connectivity index (χ1) is 14.1. The molecule has 0 saturated heterocycles. The normalized spacial score (nSPS) is 11.7. The first kappa shape index (κ1) is 21.9. The lowest BCUT2D eigenvalue weighted by molar-refractivity contribution is 0.101. The van der Waals surface area contributed by atoms with Gasteiger partial charge in [0.05, 0.1) is 5.56 Å². The number of hydrogen-bond donors (Lipinski definition) is 1. The summed E-state index contributed by atoms with van der Waals surface area (Å²) in [6.07, 6.45) is 1.80. The maximum atomic E-state index is 13.4. The lowest BCUT2D eigenvalue weighted by Gasteiger charge is -2.17. The number of carbonyl (C=O) groups excluding carboxylic acids is 1. The van der Waals surface area contributed by atoms with Crippen LogP contribution in [0.3, 0.4) is 0 Å². The summed E-state index contributed by atoms with van der Waals surface area (Å²) in [5, 5.41) is 16.4. The summed E-state index contributed by atoms with van der Waals surface area (Å²) in [6, 6.07) is 8.66. The molecule has 2 aromatic heterocycles. The molecular formula is C25H29N3OS. The maximum absolute atomic E-state index is 13.4. The molecule has 3 rings (SSSR count). The Morgan fingerprint density at radius 2 is 2.07 bits per heavy atom. The number of nitriles is 1. The van der Waals surface area contributed by atoms with Crippen LogP contribution < -0.4 is 5.32 Å². The van der Waals surface area contributed by atoms with Crippen molar-refractivity contribution in [1.82, 2.24) is 4.57 Å². The fraction of sp³-hybridized carbons (Fsp3) is 0.360. The van der Waals surface area contributed by atoms with Crippen LogP contribution in [0.4, 0.5) is 5.00 Å². The lowest BCUT2D eigenvalue weighted by Crippen LogP contribution is -2.18. The van der Waals surface area contributed by atoms with Crippen molar-refractivity contribution in [2.45, 2.75) is 59.4 Å². The van der Waals surface area contributed by atoms with Crippen molar-refractivity contribution in [2.24, 2.45) is 0 Å². The summed E-state index contributed by atoms with van der Waals surface area (Å²) in [5.74, 6) is 0.212. The molecule has 0 bridgehead atoms. The SMILES string of the molecule is C=CCn1c(C(=O)Nc2scc(C(C)(C)C)c2C#N)c(C)c2cc(C(C)C)ccc21. The van der Waals surface area contributed by atoms with Crippen LogP contribution in [0.1, 0.15) is 73.3 Å². The predicted molar refractivity (Wildman–Crippen MR) is 127 cm³/mol. The zero-order valence-electron chi connectivity index (χ0n) is 18.6. The number of rotatable bonds is 5. The number of thiophene rings is 1. The molecule has 0 aliphatic carbocycles. The van der Waals surface area contributed by atoms with Gasteiger partial charge in [-0.1, -0.05) is 46.8 Å². The number of aromatic nitrogens is 1. The molecule has 1 amide bonds. The number of nitrogens with one attached hydrogen (secondary N) is 1. The molecule has 30 heavy (non-hydrogen) atoms. The van der Waals surface area contributed by atoms with E-state index in [1.807, 2.05) is 16.9 Å². The summed E-state index contributed by atoms with van der Waals surface area (Å²) < 4.78 is 2.00. The number of benzene rings is 1. The van der Waals surface area contributed by atoms with Gasteiger partial charge in [0, 0.05) is 17.4 Å². The number of aryl methyl sites for hydroxylation is 1. The Bertz CT molecular complexity index is 1170. The Hall–Kier alpha value is -2.84. The second-order valence-corrected chi connectivity index (χ2v) is 9.85. The quantitative estimate of drug-likeness (QED) is 0.465. The molecule has 0 unspecified atom stereocenters. The van der Waals surface area contributed by atoms with E-state index >= 15 is 0 Å². The third-order valence-corrected chi connectivity index (χ3v) is 6.37. The number of nitrogens with zero attached hydrogens (tertiary/aromatic N) is 2. The van der Waals surface area contributed by atoms with Crippen molar-refractivity contribution in [1.29, 1.82) is 5.26 Å². The van der Waals surface area contributed by atoms with Crippen LogP contribution in [-0.2, 0) is 12.0 Å². The Labute approximate surface area is 182 Å². The first-order valence-electron chi connectivity index (χ1n) is 10.2. The molecule has 2 heterocycles. The molecule has 0 radical (unpaired) electrons. The van der Waals surface area contributed by atoms with Gasteiger partial charge in [-0.25, -0.2) is 0 Å². The van der Waals surface area contributed by atoms with Crippen molar-refractivity contribution in [2.75, 3.05) is 5.32 Å². The molecule has 156 valence electrons. The highest BCUT2D eigenvalue weighted by atomic mass is 32.1. The van der Waals surface area contributed by atoms with Crippen molar-refractivity contribution >= 4 is 33.1 Å². The molecular weight excluding hydrogens is 390 g/mol. The van der Waals surface area contributed by atoms with E-state index in [0.29, 0.717) is 28.7 Å². The molecule has 0 spiro atoms. The van der Waals surface area contributed by atoms with E-state index < -0.39 is 0 Å². The Balaban J connectivity index is 2.10. The second-order valence-electron chi connectivity index (χ2n) is 8.97. The summed E-state index contributed by atoms with van der Waals surface area (Å²) in [5.41, 5.74) is 5.16. The van der Waals surface area contributed by atoms with Gasteiger partial charge in [0.2, 0.25) is 0 Å². The zero-order valence-corrected chi connectivity index (χ0v) is 19.4. The minimum absolute atomic E-state index is 0.161. The van der Waals surface area contributed by atoms with Crippen molar-refractivity contribution in [3.8, 4) is 6.07 Å². The second kappa shape index (κ2) is 8.12. The van der Waals surface area contributed by atoms with E-state index in [1.165, 1.54) is 16.9 Å². The molecule has 1 aromatic carbocycles. The smallest absolute Gasteiger partial charge is 0.273 e. The summed E-state index contributed by atoms with van der Waals surface area (Å²) in [7, 11) is 0. The van der Waals surface area contributed by atoms with E-state index in [2.05, 4.69) is 70.8 Å². The largest absolute Gasteiger partial charge is 0.332 e. The topological polar surface area (TPSA) is 57.8 Å². The van der Waals surface area contributed by atoms with E-state index in [1.54, 1.807) is 6.08 Å². The van der Waals surface area contributed by atoms with Crippen LogP contribution in [0.2, 0.25) is 0 Å². The minimum Gasteiger partial charge on any atom is -0.332 e. The molecule has 4 nitrogen and oxygen atoms in total. The fourth-order valence-electron chi connectivity index (χ4n) is 3.79. The van der Waals surface area contributed by atoms with Gasteiger partial charge in [0.1, 0.15) is 16.8 Å². The van der Waals surface area contributed by atoms with Gasteiger partial charge >= 0.3 is 0 Å². The van der Waals surface area contributed by atoms with Gasteiger partial charge in [-0.05, 0) is 52.5 Å². The minimum atomic E-state index is -0.199. The number of fused-ring (bicyclic) bond motifs is 1. The summed E-state index contributed by atoms with van der Waals surface area (Å²) >= 11 is 1.41. The van der Waals surface area contributed by atoms with Crippen LogP contribution in [0, 0.1) is 18.3 Å². The first-order valence-corrected chi connectivity index (χ1v) is 11.0. The zero-order chi connectivity index (χ0) is 22.2. The van der Waals surface area contributed by atoms with Crippen LogP contribution in [0.15, 0.2) is 36.2 Å². The Morgan fingerprint density at radius 3 is 2.63 bits per heavy atom. The van der Waals surface area contributed by atoms with Crippen LogP contribution in [0.25, 0.3) is 10.9 Å². The fourth-order valence-corrected chi connectivity index (χ4v) is 4.92. The van der Waals surface area contributed by atoms with E-state index in [0.717, 1.165) is 22.0 Å². The van der Waals surface area contributed by atoms with Gasteiger partial charge in [-0.15, -0.1) is 17.9 Å². The van der Waals surface area contributed by atoms with Gasteiger partial charge in [0.15, 0.2) is 0 Å². The number of allylic oxidation sites excluding steroid dienone is 1. The lowest BCUT2D eigenvalue weighted by atomic mass is 9.86. The maximum Gasteiger partial charge on any atom is 0.273 e. The van der Waals surface area contributed by atoms with E-state index in [9.17, 15) is 10.1 Å². The highest BCUT2D eigenvalue weighted by Gasteiger charge is 2.25. The van der Waals surface area contributed by atoms with Crippen molar-refractivity contribution in [3.05, 3.63) is 64.2 Å². The Morgan fingerprint density at radius 1 is 1.37 bits per heavy atom. The third-order valence-electron chi connectivity index (χ3n) is 5.47. The number of amides is 1. The predicted octanol–water partition coefficient (Wildman–Crippen LogP) is 6.74. The van der Waals surface area contributed by atoms with Gasteiger partial charge < -0.3 is 9.88 Å². The van der Waals surface area contributed by atoms with Crippen LogP contribution in [0.5, 0.6) is 0 Å². The van der Waals surface area contributed by atoms with Gasteiger partial charge in [0.25, 0.3) is 5.91 Å². The molecule has 0 aliphatic rings. The molecule has 0 fully saturated rings. The monoisotopic (exact) mass is 419 g/mol. The van der Waals surface area contributed by atoms with Crippen LogP contribution >= 0.6 is 11.3 Å². The van der Waals surface area contributed by atoms with Crippen molar-refractivity contribution < 1.29 is 4.79 Å². The van der Waals surface area contributed by atoms with Gasteiger partial charge in [-0.2, -0.15) is 5.26 Å². The average Bonchev–Trinajstić information content (AvgIpc) is 3.20. The van der Waals surface area contributed by atoms with E-state index in [4.69, 9.17) is 0 Å².